The average Bonchev–Trinajstić information content (AvgIpc) is 2.13. The number of carbonyl (C=O) groups is 1. The van der Waals surface area contributed by atoms with Gasteiger partial charge in [0, 0.05) is 5.57 Å². The van der Waals surface area contributed by atoms with Crippen LogP contribution in [-0.2, 0) is 4.79 Å². The molecule has 9 heteroatoms. The van der Waals surface area contributed by atoms with E-state index in [2.05, 4.69) is 6.58 Å². The average molecular weight is 268 g/mol. The number of hydrogen-bond acceptors (Lipinski definition) is 1. The Balaban J connectivity index is 5.42. The highest BCUT2D eigenvalue weighted by molar-refractivity contribution is 5.86. The van der Waals surface area contributed by atoms with Gasteiger partial charge in [-0.15, -0.1) is 0 Å². The zero-order valence-electron chi connectivity index (χ0n) is 8.29. The Labute approximate surface area is 90.7 Å². The van der Waals surface area contributed by atoms with Crippen LogP contribution in [0.3, 0.4) is 0 Å². The highest BCUT2D eigenvalue weighted by Crippen LogP contribution is 2.51. The molecule has 0 bridgehead atoms. The minimum absolute atomic E-state index is 0.232. The molecule has 1 N–H and O–H groups in total. The summed E-state index contributed by atoms with van der Waals surface area (Å²) >= 11 is 0. The monoisotopic (exact) mass is 268 g/mol. The lowest BCUT2D eigenvalue weighted by Gasteiger charge is -2.32. The Hall–Kier alpha value is -1.28. The molecule has 1 unspecified atom stereocenters. The summed E-state index contributed by atoms with van der Waals surface area (Å²) in [5, 5.41) is 8.23. The van der Waals surface area contributed by atoms with Crippen molar-refractivity contribution in [3.63, 3.8) is 0 Å². The van der Waals surface area contributed by atoms with Crippen molar-refractivity contribution in [2.45, 2.75) is 24.9 Å². The van der Waals surface area contributed by atoms with Crippen molar-refractivity contribution in [1.29, 1.82) is 0 Å². The second kappa shape index (κ2) is 4.19. The molecule has 0 aliphatic rings. The summed E-state index contributed by atoms with van der Waals surface area (Å²) in [5.41, 5.74) is -1.43. The first kappa shape index (κ1) is 15.7. The molecule has 0 heterocycles. The molecule has 2 nitrogen and oxygen atoms in total. The first-order valence-corrected chi connectivity index (χ1v) is 4.01. The fourth-order valence-electron chi connectivity index (χ4n) is 0.865. The number of halogens is 7. The highest BCUT2D eigenvalue weighted by Gasteiger charge is 2.74. The van der Waals surface area contributed by atoms with Crippen molar-refractivity contribution >= 4 is 5.97 Å². The van der Waals surface area contributed by atoms with Crippen LogP contribution in [0.2, 0.25) is 0 Å². The van der Waals surface area contributed by atoms with E-state index in [1.807, 2.05) is 0 Å². The van der Waals surface area contributed by atoms with Crippen molar-refractivity contribution in [2.75, 3.05) is 0 Å². The van der Waals surface area contributed by atoms with E-state index >= 15 is 0 Å². The van der Waals surface area contributed by atoms with E-state index in [-0.39, 0.29) is 6.92 Å². The summed E-state index contributed by atoms with van der Waals surface area (Å²) in [7, 11) is 0. The third-order valence-electron chi connectivity index (χ3n) is 2.12. The van der Waals surface area contributed by atoms with E-state index in [0.29, 0.717) is 0 Å². The third-order valence-corrected chi connectivity index (χ3v) is 2.12. The van der Waals surface area contributed by atoms with E-state index in [0.717, 1.165) is 0 Å². The lowest BCUT2D eigenvalue weighted by molar-refractivity contribution is -0.362. The van der Waals surface area contributed by atoms with Crippen molar-refractivity contribution in [3.8, 4) is 0 Å². The molecule has 0 aliphatic heterocycles. The number of hydrogen-bond donors (Lipinski definition) is 1. The molecule has 0 fully saturated rings. The van der Waals surface area contributed by atoms with Gasteiger partial charge in [-0.2, -0.15) is 30.7 Å². The zero-order valence-corrected chi connectivity index (χ0v) is 8.29. The first-order chi connectivity index (χ1) is 7.26. The summed E-state index contributed by atoms with van der Waals surface area (Å²) in [5.74, 6) is -16.9. The molecule has 0 aromatic carbocycles. The number of carboxylic acids is 1. The van der Waals surface area contributed by atoms with Gasteiger partial charge in [0.25, 0.3) is 0 Å². The van der Waals surface area contributed by atoms with Crippen LogP contribution < -0.4 is 0 Å². The molecule has 0 aromatic rings. The fourth-order valence-corrected chi connectivity index (χ4v) is 0.865. The molecule has 17 heavy (non-hydrogen) atoms. The number of rotatable bonds is 4. The molecule has 0 saturated heterocycles. The largest absolute Gasteiger partial charge is 0.478 e. The smallest absolute Gasteiger partial charge is 0.459 e. The Bertz CT molecular complexity index is 331. The van der Waals surface area contributed by atoms with Gasteiger partial charge in [0.2, 0.25) is 0 Å². The predicted octanol–water partition coefficient (Wildman–Crippen LogP) is 3.10. The highest BCUT2D eigenvalue weighted by atomic mass is 19.4. The van der Waals surface area contributed by atoms with Gasteiger partial charge in [-0.1, -0.05) is 13.5 Å². The molecule has 100 valence electrons. The van der Waals surface area contributed by atoms with Crippen LogP contribution in [0.4, 0.5) is 30.7 Å². The Morgan fingerprint density at radius 1 is 1.12 bits per heavy atom. The van der Waals surface area contributed by atoms with Crippen molar-refractivity contribution < 1.29 is 40.6 Å². The first-order valence-electron chi connectivity index (χ1n) is 4.01. The predicted molar refractivity (Wildman–Crippen MR) is 41.9 cm³/mol. The molecule has 0 aliphatic carbocycles. The van der Waals surface area contributed by atoms with Crippen LogP contribution in [-0.4, -0.2) is 29.1 Å². The normalized spacial score (nSPS) is 15.5. The fraction of sp³-hybridized carbons (Fsp3) is 0.625. The van der Waals surface area contributed by atoms with Crippen LogP contribution in [0.15, 0.2) is 12.2 Å². The second-order valence-corrected chi connectivity index (χ2v) is 3.25. The molecular weight excluding hydrogens is 261 g/mol. The number of alkyl halides is 7. The van der Waals surface area contributed by atoms with Gasteiger partial charge >= 0.3 is 24.0 Å². The van der Waals surface area contributed by atoms with Gasteiger partial charge in [-0.3, -0.25) is 0 Å². The number of aliphatic carboxylic acids is 1. The van der Waals surface area contributed by atoms with E-state index in [9.17, 15) is 35.5 Å². The van der Waals surface area contributed by atoms with Gasteiger partial charge in [-0.05, 0) is 0 Å². The van der Waals surface area contributed by atoms with Crippen LogP contribution in [0.5, 0.6) is 0 Å². The molecule has 0 rings (SSSR count). The Kier molecular flexibility index (Phi) is 3.87. The van der Waals surface area contributed by atoms with E-state index in [4.69, 9.17) is 5.11 Å². The van der Waals surface area contributed by atoms with Crippen molar-refractivity contribution in [2.24, 2.45) is 5.92 Å². The minimum atomic E-state index is -6.48. The van der Waals surface area contributed by atoms with Crippen molar-refractivity contribution in [1.82, 2.24) is 0 Å². The molecule has 0 radical (unpaired) electrons. The summed E-state index contributed by atoms with van der Waals surface area (Å²) in [6.07, 6.45) is -6.48. The Morgan fingerprint density at radius 2 is 1.47 bits per heavy atom. The van der Waals surface area contributed by atoms with Gasteiger partial charge in [0.1, 0.15) is 0 Å². The van der Waals surface area contributed by atoms with Crippen LogP contribution in [0.1, 0.15) is 6.92 Å². The van der Waals surface area contributed by atoms with Gasteiger partial charge in [-0.25, -0.2) is 4.79 Å². The van der Waals surface area contributed by atoms with Crippen LogP contribution >= 0.6 is 0 Å². The quantitative estimate of drug-likeness (QED) is 0.628. The van der Waals surface area contributed by atoms with E-state index in [1.165, 1.54) is 0 Å². The maximum absolute atomic E-state index is 12.9. The molecule has 0 amide bonds. The second-order valence-electron chi connectivity index (χ2n) is 3.25. The van der Waals surface area contributed by atoms with Crippen LogP contribution in [0.25, 0.3) is 0 Å². The van der Waals surface area contributed by atoms with Crippen molar-refractivity contribution in [3.05, 3.63) is 12.2 Å². The molecule has 0 saturated carbocycles. The molecule has 0 spiro atoms. The van der Waals surface area contributed by atoms with E-state index < -0.39 is 35.5 Å². The minimum Gasteiger partial charge on any atom is -0.478 e. The van der Waals surface area contributed by atoms with Gasteiger partial charge < -0.3 is 5.11 Å². The lowest BCUT2D eigenvalue weighted by Crippen LogP contribution is -2.55. The summed E-state index contributed by atoms with van der Waals surface area (Å²) < 4.78 is 86.0. The van der Waals surface area contributed by atoms with Gasteiger partial charge in [0.15, 0.2) is 0 Å². The maximum Gasteiger partial charge on any atom is 0.459 e. The third kappa shape index (κ3) is 2.52. The van der Waals surface area contributed by atoms with E-state index in [1.54, 1.807) is 0 Å². The topological polar surface area (TPSA) is 37.3 Å². The standard InChI is InChI=1S/C8H7F7O2/c1-3(5(16)17)4(2)6(9,10)7(11,12)8(13,14)15/h4H,1H2,2H3,(H,16,17). The zero-order chi connectivity index (χ0) is 14.2. The SMILES string of the molecule is C=C(C(=O)O)C(C)C(F)(F)C(F)(F)C(F)(F)F. The molecule has 0 aromatic heterocycles. The van der Waals surface area contributed by atoms with Crippen LogP contribution in [0, 0.1) is 5.92 Å². The lowest BCUT2D eigenvalue weighted by atomic mass is 9.90. The molecule has 1 atom stereocenters. The van der Waals surface area contributed by atoms with Gasteiger partial charge in [0.05, 0.1) is 5.92 Å². The summed E-state index contributed by atoms with van der Waals surface area (Å²) in [4.78, 5) is 10.2. The summed E-state index contributed by atoms with van der Waals surface area (Å²) in [6, 6.07) is 0. The molecular formula is C8H7F7O2. The Morgan fingerprint density at radius 3 is 1.71 bits per heavy atom. The maximum atomic E-state index is 12.9. The summed E-state index contributed by atoms with van der Waals surface area (Å²) in [6.45, 7) is 2.77. The number of carboxylic acid groups (broad SMARTS) is 1.